The molecule has 0 radical (unpaired) electrons. The summed E-state index contributed by atoms with van der Waals surface area (Å²) in [7, 11) is 0. The lowest BCUT2D eigenvalue weighted by Crippen LogP contribution is -2.12. The highest BCUT2D eigenvalue weighted by Gasteiger charge is 2.08. The average Bonchev–Trinajstić information content (AvgIpc) is 2.75. The third kappa shape index (κ3) is 3.55. The zero-order valence-electron chi connectivity index (χ0n) is 12.0. The third-order valence-corrected chi connectivity index (χ3v) is 3.07. The maximum absolute atomic E-state index is 5.62. The molecule has 0 bridgehead atoms. The first-order chi connectivity index (χ1) is 9.22. The number of hydrogen-bond acceptors (Lipinski definition) is 3. The van der Waals surface area contributed by atoms with Crippen molar-refractivity contribution >= 4 is 11.0 Å². The van der Waals surface area contributed by atoms with Gasteiger partial charge in [0.1, 0.15) is 5.65 Å². The van der Waals surface area contributed by atoms with Gasteiger partial charge in [-0.3, -0.25) is 0 Å². The smallest absolute Gasteiger partial charge is 0.140 e. The molecule has 4 nitrogen and oxygen atoms in total. The quantitative estimate of drug-likeness (QED) is 0.832. The monoisotopic (exact) mass is 261 g/mol. The highest BCUT2D eigenvalue weighted by atomic mass is 16.5. The Kier molecular flexibility index (Phi) is 4.93. The third-order valence-electron chi connectivity index (χ3n) is 3.07. The van der Waals surface area contributed by atoms with Gasteiger partial charge in [0.2, 0.25) is 0 Å². The zero-order valence-corrected chi connectivity index (χ0v) is 12.0. The van der Waals surface area contributed by atoms with Crippen LogP contribution in [-0.2, 0) is 17.8 Å². The molecule has 0 saturated carbocycles. The molecule has 0 unspecified atom stereocenters. The Balaban J connectivity index is 2.18. The van der Waals surface area contributed by atoms with E-state index in [2.05, 4.69) is 47.9 Å². The first-order valence-corrected chi connectivity index (χ1v) is 6.97. The summed E-state index contributed by atoms with van der Waals surface area (Å²) in [6.45, 7) is 9.66. The summed E-state index contributed by atoms with van der Waals surface area (Å²) in [4.78, 5) is 4.49. The summed E-state index contributed by atoms with van der Waals surface area (Å²) in [6.07, 6.45) is 4.31. The minimum atomic E-state index is 0.274. The van der Waals surface area contributed by atoms with E-state index in [9.17, 15) is 0 Å². The number of aromatic nitrogens is 2. The van der Waals surface area contributed by atoms with Crippen molar-refractivity contribution in [3.8, 4) is 0 Å². The molecule has 0 aliphatic heterocycles. The summed E-state index contributed by atoms with van der Waals surface area (Å²) in [5.41, 5.74) is 2.34. The molecule has 2 rings (SSSR count). The predicted molar refractivity (Wildman–Crippen MR) is 78.2 cm³/mol. The number of fused-ring (bicyclic) bond motifs is 1. The summed E-state index contributed by atoms with van der Waals surface area (Å²) in [6, 6.07) is 4.13. The molecule has 0 aliphatic rings. The van der Waals surface area contributed by atoms with E-state index in [-0.39, 0.29) is 6.10 Å². The van der Waals surface area contributed by atoms with Crippen molar-refractivity contribution in [2.75, 3.05) is 13.2 Å². The lowest BCUT2D eigenvalue weighted by Gasteiger charge is -2.08. The van der Waals surface area contributed by atoms with Crippen LogP contribution in [0, 0.1) is 0 Å². The van der Waals surface area contributed by atoms with Gasteiger partial charge in [0.15, 0.2) is 0 Å². The number of ether oxygens (including phenoxy) is 1. The fourth-order valence-electron chi connectivity index (χ4n) is 2.15. The van der Waals surface area contributed by atoms with Crippen molar-refractivity contribution in [2.24, 2.45) is 0 Å². The summed E-state index contributed by atoms with van der Waals surface area (Å²) in [5, 5.41) is 4.60. The van der Waals surface area contributed by atoms with E-state index >= 15 is 0 Å². The molecule has 1 N–H and O–H groups in total. The minimum Gasteiger partial charge on any atom is -0.377 e. The molecule has 4 heteroatoms. The first-order valence-electron chi connectivity index (χ1n) is 6.97. The normalized spacial score (nSPS) is 11.6. The molecule has 0 spiro atoms. The molecule has 0 aromatic carbocycles. The Bertz CT molecular complexity index is 519. The van der Waals surface area contributed by atoms with Gasteiger partial charge in [-0.1, -0.05) is 6.92 Å². The van der Waals surface area contributed by atoms with E-state index < -0.39 is 0 Å². The van der Waals surface area contributed by atoms with Gasteiger partial charge in [-0.2, -0.15) is 0 Å². The van der Waals surface area contributed by atoms with Crippen molar-refractivity contribution in [3.63, 3.8) is 0 Å². The number of hydrogen-bond donors (Lipinski definition) is 1. The van der Waals surface area contributed by atoms with E-state index in [0.717, 1.165) is 31.9 Å². The average molecular weight is 261 g/mol. The van der Waals surface area contributed by atoms with Gasteiger partial charge in [0, 0.05) is 30.9 Å². The second kappa shape index (κ2) is 6.68. The van der Waals surface area contributed by atoms with Crippen molar-refractivity contribution in [1.82, 2.24) is 14.9 Å². The molecular formula is C15H23N3O. The zero-order chi connectivity index (χ0) is 13.7. The van der Waals surface area contributed by atoms with Crippen LogP contribution in [0.1, 0.15) is 26.3 Å². The molecule has 19 heavy (non-hydrogen) atoms. The van der Waals surface area contributed by atoms with E-state index in [1.54, 1.807) is 0 Å². The van der Waals surface area contributed by atoms with Crippen molar-refractivity contribution in [1.29, 1.82) is 0 Å². The Morgan fingerprint density at radius 2 is 2.26 bits per heavy atom. The molecule has 0 aliphatic carbocycles. The number of rotatable bonds is 7. The molecule has 2 heterocycles. The lowest BCUT2D eigenvalue weighted by atomic mass is 10.2. The summed E-state index contributed by atoms with van der Waals surface area (Å²) in [5.74, 6) is 0. The van der Waals surface area contributed by atoms with Crippen LogP contribution in [0.2, 0.25) is 0 Å². The van der Waals surface area contributed by atoms with Gasteiger partial charge in [-0.05, 0) is 38.1 Å². The fraction of sp³-hybridized carbons (Fsp3) is 0.533. The van der Waals surface area contributed by atoms with Crippen molar-refractivity contribution in [3.05, 3.63) is 30.1 Å². The van der Waals surface area contributed by atoms with Gasteiger partial charge >= 0.3 is 0 Å². The Labute approximate surface area is 114 Å². The Morgan fingerprint density at radius 1 is 1.42 bits per heavy atom. The molecule has 0 saturated heterocycles. The molecular weight excluding hydrogens is 238 g/mol. The summed E-state index contributed by atoms with van der Waals surface area (Å²) < 4.78 is 7.81. The SMILES string of the molecule is CCNCc1cn(CCOC(C)C)c2ncccc12. The Morgan fingerprint density at radius 3 is 3.00 bits per heavy atom. The molecule has 0 atom stereocenters. The maximum Gasteiger partial charge on any atom is 0.140 e. The van der Waals surface area contributed by atoms with Crippen LogP contribution in [0.25, 0.3) is 11.0 Å². The second-order valence-electron chi connectivity index (χ2n) is 4.92. The highest BCUT2D eigenvalue weighted by Crippen LogP contribution is 2.19. The molecule has 104 valence electrons. The minimum absolute atomic E-state index is 0.274. The molecule has 0 amide bonds. The fourth-order valence-corrected chi connectivity index (χ4v) is 2.15. The van der Waals surface area contributed by atoms with Gasteiger partial charge in [-0.15, -0.1) is 0 Å². The topological polar surface area (TPSA) is 39.1 Å². The highest BCUT2D eigenvalue weighted by molar-refractivity contribution is 5.80. The van der Waals surface area contributed by atoms with Crippen LogP contribution in [0.4, 0.5) is 0 Å². The van der Waals surface area contributed by atoms with Crippen molar-refractivity contribution in [2.45, 2.75) is 40.0 Å². The maximum atomic E-state index is 5.62. The van der Waals surface area contributed by atoms with Crippen LogP contribution in [0.3, 0.4) is 0 Å². The first kappa shape index (κ1) is 14.0. The van der Waals surface area contributed by atoms with Crippen LogP contribution >= 0.6 is 0 Å². The second-order valence-corrected chi connectivity index (χ2v) is 4.92. The molecule has 2 aromatic heterocycles. The predicted octanol–water partition coefficient (Wildman–Crippen LogP) is 2.57. The van der Waals surface area contributed by atoms with Crippen LogP contribution in [0.5, 0.6) is 0 Å². The van der Waals surface area contributed by atoms with Crippen LogP contribution in [-0.4, -0.2) is 28.8 Å². The standard InChI is InChI=1S/C15H23N3O/c1-4-16-10-13-11-18(8-9-19-12(2)3)15-14(13)6-5-7-17-15/h5-7,11-12,16H,4,8-10H2,1-3H3. The molecule has 2 aromatic rings. The van der Waals surface area contributed by atoms with Gasteiger partial charge in [-0.25, -0.2) is 4.98 Å². The number of nitrogens with one attached hydrogen (secondary N) is 1. The number of pyridine rings is 1. The van der Waals surface area contributed by atoms with Gasteiger partial charge in [0.25, 0.3) is 0 Å². The van der Waals surface area contributed by atoms with Crippen molar-refractivity contribution < 1.29 is 4.74 Å². The largest absolute Gasteiger partial charge is 0.377 e. The van der Waals surface area contributed by atoms with E-state index in [4.69, 9.17) is 4.74 Å². The molecule has 0 fully saturated rings. The van der Waals surface area contributed by atoms with Gasteiger partial charge in [0.05, 0.1) is 12.7 Å². The van der Waals surface area contributed by atoms with E-state index in [1.807, 2.05) is 12.3 Å². The van der Waals surface area contributed by atoms with Gasteiger partial charge < -0.3 is 14.6 Å². The van der Waals surface area contributed by atoms with E-state index in [0.29, 0.717) is 0 Å². The van der Waals surface area contributed by atoms with Crippen LogP contribution < -0.4 is 5.32 Å². The number of nitrogens with zero attached hydrogens (tertiary/aromatic N) is 2. The van der Waals surface area contributed by atoms with Crippen LogP contribution in [0.15, 0.2) is 24.5 Å². The summed E-state index contributed by atoms with van der Waals surface area (Å²) >= 11 is 0. The lowest BCUT2D eigenvalue weighted by molar-refractivity contribution is 0.0732. The van der Waals surface area contributed by atoms with E-state index in [1.165, 1.54) is 10.9 Å². The Hall–Kier alpha value is -1.39.